The summed E-state index contributed by atoms with van der Waals surface area (Å²) in [6.45, 7) is 3.71. The van der Waals surface area contributed by atoms with Crippen LogP contribution < -0.4 is 5.32 Å². The molecule has 1 aliphatic rings. The van der Waals surface area contributed by atoms with Crippen LogP contribution in [0.15, 0.2) is 48.5 Å². The zero-order chi connectivity index (χ0) is 20.5. The molecule has 1 fully saturated rings. The Labute approximate surface area is 169 Å². The summed E-state index contributed by atoms with van der Waals surface area (Å²) in [5, 5.41) is 3.23. The predicted octanol–water partition coefficient (Wildman–Crippen LogP) is 3.07. The van der Waals surface area contributed by atoms with Crippen LogP contribution in [0.5, 0.6) is 0 Å². The third-order valence-corrected chi connectivity index (χ3v) is 5.21. The number of amides is 4. The first-order valence-electron chi connectivity index (χ1n) is 8.90. The number of rotatable bonds is 5. The first-order chi connectivity index (χ1) is 13.2. The number of hydrogen-bond donors (Lipinski definition) is 1. The van der Waals surface area contributed by atoms with E-state index in [-0.39, 0.29) is 12.5 Å². The van der Waals surface area contributed by atoms with Gasteiger partial charge >= 0.3 is 6.03 Å². The standard InChI is InChI=1S/C21H22ClN3O3/c1-14-4-6-15(7-5-14)12-24(3)18(26)13-25-19(27)21(2,23-20(25)28)16-8-10-17(22)11-9-16/h4-11H,12-13H2,1-3H3,(H,23,28). The van der Waals surface area contributed by atoms with Crippen LogP contribution in [0.3, 0.4) is 0 Å². The maximum atomic E-state index is 12.9. The summed E-state index contributed by atoms with van der Waals surface area (Å²) in [6, 6.07) is 14.0. The van der Waals surface area contributed by atoms with Gasteiger partial charge in [-0.05, 0) is 37.1 Å². The number of imide groups is 1. The van der Waals surface area contributed by atoms with Crippen LogP contribution in [-0.4, -0.2) is 41.2 Å². The summed E-state index contributed by atoms with van der Waals surface area (Å²) < 4.78 is 0. The molecule has 6 nitrogen and oxygen atoms in total. The summed E-state index contributed by atoms with van der Waals surface area (Å²) in [4.78, 5) is 40.4. The molecule has 7 heteroatoms. The number of halogens is 1. The topological polar surface area (TPSA) is 69.7 Å². The lowest BCUT2D eigenvalue weighted by Crippen LogP contribution is -2.43. The van der Waals surface area contributed by atoms with Crippen LogP contribution in [0, 0.1) is 6.92 Å². The van der Waals surface area contributed by atoms with Gasteiger partial charge in [0.05, 0.1) is 0 Å². The van der Waals surface area contributed by atoms with E-state index in [1.165, 1.54) is 4.90 Å². The van der Waals surface area contributed by atoms with Crippen molar-refractivity contribution < 1.29 is 14.4 Å². The van der Waals surface area contributed by atoms with Gasteiger partial charge in [-0.15, -0.1) is 0 Å². The molecule has 146 valence electrons. The number of benzene rings is 2. The fourth-order valence-electron chi connectivity index (χ4n) is 3.13. The Morgan fingerprint density at radius 1 is 1.11 bits per heavy atom. The van der Waals surface area contributed by atoms with Gasteiger partial charge in [-0.3, -0.25) is 14.5 Å². The van der Waals surface area contributed by atoms with Crippen LogP contribution in [-0.2, 0) is 21.7 Å². The highest BCUT2D eigenvalue weighted by Gasteiger charge is 2.49. The van der Waals surface area contributed by atoms with E-state index in [0.29, 0.717) is 17.1 Å². The lowest BCUT2D eigenvalue weighted by molar-refractivity contribution is -0.138. The van der Waals surface area contributed by atoms with Crippen molar-refractivity contribution in [2.75, 3.05) is 13.6 Å². The molecule has 1 saturated heterocycles. The van der Waals surface area contributed by atoms with Crippen molar-refractivity contribution in [1.82, 2.24) is 15.1 Å². The van der Waals surface area contributed by atoms with Crippen LogP contribution in [0.2, 0.25) is 5.02 Å². The van der Waals surface area contributed by atoms with Gasteiger partial charge in [0.25, 0.3) is 5.91 Å². The van der Waals surface area contributed by atoms with Gasteiger partial charge in [-0.25, -0.2) is 4.79 Å². The third-order valence-electron chi connectivity index (χ3n) is 4.96. The molecule has 0 saturated carbocycles. The van der Waals surface area contributed by atoms with E-state index >= 15 is 0 Å². The predicted molar refractivity (Wildman–Crippen MR) is 107 cm³/mol. The van der Waals surface area contributed by atoms with Crippen LogP contribution in [0.1, 0.15) is 23.6 Å². The summed E-state index contributed by atoms with van der Waals surface area (Å²) in [6.07, 6.45) is 0. The number of nitrogens with zero attached hydrogens (tertiary/aromatic N) is 2. The summed E-state index contributed by atoms with van der Waals surface area (Å²) >= 11 is 5.90. The minimum Gasteiger partial charge on any atom is -0.340 e. The van der Waals surface area contributed by atoms with Crippen molar-refractivity contribution in [1.29, 1.82) is 0 Å². The third kappa shape index (κ3) is 3.87. The average Bonchev–Trinajstić information content (AvgIpc) is 2.88. The van der Waals surface area contributed by atoms with E-state index in [9.17, 15) is 14.4 Å². The van der Waals surface area contributed by atoms with E-state index in [4.69, 9.17) is 11.6 Å². The molecule has 1 N–H and O–H groups in total. The minimum absolute atomic E-state index is 0.309. The van der Waals surface area contributed by atoms with Gasteiger partial charge in [0.2, 0.25) is 5.91 Å². The number of likely N-dealkylation sites (N-methyl/N-ethyl adjacent to an activating group) is 1. The molecule has 0 aliphatic carbocycles. The van der Waals surface area contributed by atoms with Crippen molar-refractivity contribution in [3.05, 3.63) is 70.2 Å². The SMILES string of the molecule is Cc1ccc(CN(C)C(=O)CN2C(=O)NC(C)(c3ccc(Cl)cc3)C2=O)cc1. The highest BCUT2D eigenvalue weighted by molar-refractivity contribution is 6.30. The molecule has 0 radical (unpaired) electrons. The van der Waals surface area contributed by atoms with E-state index in [1.54, 1.807) is 38.2 Å². The molecule has 2 aromatic carbocycles. The van der Waals surface area contributed by atoms with E-state index in [0.717, 1.165) is 16.0 Å². The smallest absolute Gasteiger partial charge is 0.325 e. The molecule has 4 amide bonds. The molecule has 1 atom stereocenters. The van der Waals surface area contributed by atoms with Crippen molar-refractivity contribution in [2.24, 2.45) is 0 Å². The molecule has 1 aliphatic heterocycles. The first kappa shape index (κ1) is 19.9. The molecular formula is C21H22ClN3O3. The summed E-state index contributed by atoms with van der Waals surface area (Å²) in [5.41, 5.74) is 1.50. The molecule has 3 rings (SSSR count). The number of urea groups is 1. The van der Waals surface area contributed by atoms with Gasteiger partial charge in [0.1, 0.15) is 12.1 Å². The Hall–Kier alpha value is -2.86. The van der Waals surface area contributed by atoms with E-state index < -0.39 is 17.5 Å². The Kier molecular flexibility index (Phi) is 5.42. The highest BCUT2D eigenvalue weighted by atomic mass is 35.5. The second kappa shape index (κ2) is 7.64. The fraction of sp³-hybridized carbons (Fsp3) is 0.286. The fourth-order valence-corrected chi connectivity index (χ4v) is 3.26. The summed E-state index contributed by atoms with van der Waals surface area (Å²) in [5.74, 6) is -0.777. The van der Waals surface area contributed by atoms with Crippen LogP contribution in [0.25, 0.3) is 0 Å². The monoisotopic (exact) mass is 399 g/mol. The van der Waals surface area contributed by atoms with Crippen LogP contribution >= 0.6 is 11.6 Å². The number of carbonyl (C=O) groups excluding carboxylic acids is 3. The zero-order valence-corrected chi connectivity index (χ0v) is 16.8. The Morgan fingerprint density at radius 3 is 2.32 bits per heavy atom. The van der Waals surface area contributed by atoms with Crippen LogP contribution in [0.4, 0.5) is 4.79 Å². The largest absolute Gasteiger partial charge is 0.340 e. The van der Waals surface area contributed by atoms with Crippen molar-refractivity contribution in [3.63, 3.8) is 0 Å². The van der Waals surface area contributed by atoms with Gasteiger partial charge in [-0.2, -0.15) is 0 Å². The quantitative estimate of drug-likeness (QED) is 0.785. The van der Waals surface area contributed by atoms with Crippen molar-refractivity contribution >= 4 is 29.4 Å². The minimum atomic E-state index is -1.22. The summed E-state index contributed by atoms with van der Waals surface area (Å²) in [7, 11) is 1.65. The van der Waals surface area contributed by atoms with Gasteiger partial charge < -0.3 is 10.2 Å². The highest BCUT2D eigenvalue weighted by Crippen LogP contribution is 2.29. The molecule has 1 unspecified atom stereocenters. The van der Waals surface area contributed by atoms with Crippen molar-refractivity contribution in [2.45, 2.75) is 25.9 Å². The number of carbonyl (C=O) groups is 3. The molecular weight excluding hydrogens is 378 g/mol. The van der Waals surface area contributed by atoms with E-state index in [1.807, 2.05) is 31.2 Å². The number of hydrogen-bond acceptors (Lipinski definition) is 3. The molecule has 0 bridgehead atoms. The van der Waals surface area contributed by atoms with Gasteiger partial charge in [0.15, 0.2) is 0 Å². The Morgan fingerprint density at radius 2 is 1.71 bits per heavy atom. The number of aryl methyl sites for hydroxylation is 1. The first-order valence-corrected chi connectivity index (χ1v) is 9.28. The van der Waals surface area contributed by atoms with E-state index in [2.05, 4.69) is 5.32 Å². The molecule has 0 spiro atoms. The molecule has 2 aromatic rings. The number of nitrogens with one attached hydrogen (secondary N) is 1. The Balaban J connectivity index is 1.70. The maximum Gasteiger partial charge on any atom is 0.325 e. The molecule has 1 heterocycles. The lowest BCUT2D eigenvalue weighted by Gasteiger charge is -2.23. The lowest BCUT2D eigenvalue weighted by atomic mass is 9.92. The normalized spacial score (nSPS) is 18.9. The molecule has 0 aromatic heterocycles. The maximum absolute atomic E-state index is 12.9. The zero-order valence-electron chi connectivity index (χ0n) is 16.0. The Bertz CT molecular complexity index is 911. The average molecular weight is 400 g/mol. The molecule has 28 heavy (non-hydrogen) atoms. The van der Waals surface area contributed by atoms with Crippen molar-refractivity contribution in [3.8, 4) is 0 Å². The second-order valence-electron chi connectivity index (χ2n) is 7.19. The second-order valence-corrected chi connectivity index (χ2v) is 7.63. The van der Waals surface area contributed by atoms with Gasteiger partial charge in [0, 0.05) is 18.6 Å². The van der Waals surface area contributed by atoms with Gasteiger partial charge in [-0.1, -0.05) is 53.6 Å².